The third-order valence-corrected chi connectivity index (χ3v) is 11.5. The first-order chi connectivity index (χ1) is 13.9. The van der Waals surface area contributed by atoms with Crippen LogP contribution >= 0.6 is 0 Å². The van der Waals surface area contributed by atoms with E-state index in [1.165, 1.54) is 64.2 Å². The first kappa shape index (κ1) is 22.9. The molecule has 172 valence electrons. The number of rotatable bonds is 4. The van der Waals surface area contributed by atoms with Gasteiger partial charge in [-0.25, -0.2) is 0 Å². The molecule has 30 heavy (non-hydrogen) atoms. The Bertz CT molecular complexity index is 666. The summed E-state index contributed by atoms with van der Waals surface area (Å²) < 4.78 is 0. The van der Waals surface area contributed by atoms with Crippen LogP contribution in [0.1, 0.15) is 119 Å². The van der Waals surface area contributed by atoms with Crippen LogP contribution in [0.5, 0.6) is 0 Å². The van der Waals surface area contributed by atoms with Crippen molar-refractivity contribution >= 4 is 0 Å². The van der Waals surface area contributed by atoms with Gasteiger partial charge in [0.25, 0.3) is 0 Å². The van der Waals surface area contributed by atoms with Crippen LogP contribution in [-0.4, -0.2) is 10.7 Å². The Labute approximate surface area is 187 Å². The minimum Gasteiger partial charge on any atom is -0.390 e. The second kappa shape index (κ2) is 7.64. The fourth-order valence-corrected chi connectivity index (χ4v) is 8.76. The Morgan fingerprint density at radius 3 is 2.47 bits per heavy atom. The number of aliphatic hydroxyl groups is 1. The topological polar surface area (TPSA) is 20.2 Å². The lowest BCUT2D eigenvalue weighted by Crippen LogP contribution is -2.50. The van der Waals surface area contributed by atoms with Gasteiger partial charge in [-0.05, 0) is 117 Å². The predicted molar refractivity (Wildman–Crippen MR) is 128 cm³/mol. The Kier molecular flexibility index (Phi) is 5.82. The van der Waals surface area contributed by atoms with Crippen LogP contribution in [0.3, 0.4) is 0 Å². The summed E-state index contributed by atoms with van der Waals surface area (Å²) in [5, 5.41) is 11.0. The molecule has 1 nitrogen and oxygen atoms in total. The molecule has 3 fully saturated rings. The molecule has 0 aliphatic heterocycles. The van der Waals surface area contributed by atoms with Gasteiger partial charge in [0.05, 0.1) is 5.60 Å². The molecule has 0 radical (unpaired) electrons. The molecule has 0 heterocycles. The van der Waals surface area contributed by atoms with E-state index in [1.54, 1.807) is 0 Å². The fourth-order valence-electron chi connectivity index (χ4n) is 8.76. The Morgan fingerprint density at radius 1 is 1.03 bits per heavy atom. The van der Waals surface area contributed by atoms with Crippen molar-refractivity contribution in [2.45, 2.75) is 125 Å². The SMILES string of the molecule is CC(CCC(C)(O)C(C)(C)C)C1CCC2C3CC=C4CCCCC4(C)C3CCC12C. The van der Waals surface area contributed by atoms with Gasteiger partial charge in [-0.2, -0.15) is 0 Å². The normalized spacial score (nSPS) is 44.3. The van der Waals surface area contributed by atoms with Gasteiger partial charge in [-0.1, -0.05) is 59.6 Å². The quantitative estimate of drug-likeness (QED) is 0.460. The van der Waals surface area contributed by atoms with Crippen molar-refractivity contribution < 1.29 is 5.11 Å². The van der Waals surface area contributed by atoms with Gasteiger partial charge in [-0.3, -0.25) is 0 Å². The Hall–Kier alpha value is -0.300. The number of fused-ring (bicyclic) bond motifs is 5. The molecule has 1 heteroatoms. The molecular weight excluding hydrogens is 364 g/mol. The van der Waals surface area contributed by atoms with Crippen LogP contribution in [0.15, 0.2) is 11.6 Å². The highest BCUT2D eigenvalue weighted by atomic mass is 16.3. The average molecular weight is 415 g/mol. The van der Waals surface area contributed by atoms with Crippen molar-refractivity contribution in [2.24, 2.45) is 45.8 Å². The van der Waals surface area contributed by atoms with Crippen LogP contribution in [0.2, 0.25) is 0 Å². The molecule has 1 N–H and O–H groups in total. The molecule has 4 rings (SSSR count). The van der Waals surface area contributed by atoms with Gasteiger partial charge in [0.15, 0.2) is 0 Å². The molecular formula is C29H50O. The van der Waals surface area contributed by atoms with E-state index in [0.29, 0.717) is 10.8 Å². The summed E-state index contributed by atoms with van der Waals surface area (Å²) in [5.74, 6) is 4.40. The third kappa shape index (κ3) is 3.54. The van der Waals surface area contributed by atoms with E-state index < -0.39 is 5.60 Å². The number of hydrogen-bond donors (Lipinski definition) is 1. The van der Waals surface area contributed by atoms with E-state index in [4.69, 9.17) is 0 Å². The number of allylic oxidation sites excluding steroid dienone is 2. The second-order valence-corrected chi connectivity index (χ2v) is 13.7. The standard InChI is InChI=1S/C29H50O/c1-20(15-19-29(7,30)26(2,3)4)23-13-14-24-22-12-11-21-10-8-9-17-27(21,5)25(22)16-18-28(23,24)6/h11,20,22-25,30H,8-10,12-19H2,1-7H3. The maximum absolute atomic E-state index is 11.0. The summed E-state index contributed by atoms with van der Waals surface area (Å²) in [7, 11) is 0. The molecule has 8 unspecified atom stereocenters. The molecule has 8 atom stereocenters. The van der Waals surface area contributed by atoms with Crippen molar-refractivity contribution in [3.8, 4) is 0 Å². The van der Waals surface area contributed by atoms with Crippen LogP contribution in [-0.2, 0) is 0 Å². The van der Waals surface area contributed by atoms with Crippen molar-refractivity contribution in [2.75, 3.05) is 0 Å². The summed E-state index contributed by atoms with van der Waals surface area (Å²) in [6.07, 6.45) is 17.7. The van der Waals surface area contributed by atoms with E-state index in [0.717, 1.165) is 36.0 Å². The van der Waals surface area contributed by atoms with Crippen molar-refractivity contribution in [3.63, 3.8) is 0 Å². The molecule has 0 aromatic carbocycles. The van der Waals surface area contributed by atoms with Crippen molar-refractivity contribution in [3.05, 3.63) is 11.6 Å². The second-order valence-electron chi connectivity index (χ2n) is 13.7. The molecule has 4 aliphatic rings. The van der Waals surface area contributed by atoms with Gasteiger partial charge in [-0.15, -0.1) is 0 Å². The Morgan fingerprint density at radius 2 is 1.77 bits per heavy atom. The van der Waals surface area contributed by atoms with Crippen LogP contribution in [0, 0.1) is 45.8 Å². The van der Waals surface area contributed by atoms with E-state index in [2.05, 4.69) is 54.5 Å². The first-order valence-corrected chi connectivity index (χ1v) is 13.3. The molecule has 3 saturated carbocycles. The predicted octanol–water partition coefficient (Wildman–Crippen LogP) is 8.17. The van der Waals surface area contributed by atoms with Crippen LogP contribution in [0.4, 0.5) is 0 Å². The molecule has 0 bridgehead atoms. The lowest BCUT2D eigenvalue weighted by atomic mass is 9.47. The number of hydrogen-bond acceptors (Lipinski definition) is 1. The molecule has 4 aliphatic carbocycles. The van der Waals surface area contributed by atoms with Crippen LogP contribution < -0.4 is 0 Å². The van der Waals surface area contributed by atoms with Crippen LogP contribution in [0.25, 0.3) is 0 Å². The molecule has 0 saturated heterocycles. The fraction of sp³-hybridized carbons (Fsp3) is 0.931. The zero-order valence-electron chi connectivity index (χ0n) is 21.2. The van der Waals surface area contributed by atoms with Gasteiger partial charge < -0.3 is 5.11 Å². The smallest absolute Gasteiger partial charge is 0.0667 e. The summed E-state index contributed by atoms with van der Waals surface area (Å²) in [6, 6.07) is 0. The monoisotopic (exact) mass is 414 g/mol. The van der Waals surface area contributed by atoms with Gasteiger partial charge >= 0.3 is 0 Å². The lowest BCUT2D eigenvalue weighted by molar-refractivity contribution is -0.0652. The van der Waals surface area contributed by atoms with Gasteiger partial charge in [0, 0.05) is 0 Å². The third-order valence-electron chi connectivity index (χ3n) is 11.5. The van der Waals surface area contributed by atoms with Gasteiger partial charge in [0.2, 0.25) is 0 Å². The molecule has 0 aromatic heterocycles. The highest BCUT2D eigenvalue weighted by Gasteiger charge is 2.58. The zero-order chi connectivity index (χ0) is 21.9. The minimum absolute atomic E-state index is 0.0471. The largest absolute Gasteiger partial charge is 0.390 e. The Balaban J connectivity index is 1.48. The van der Waals surface area contributed by atoms with E-state index >= 15 is 0 Å². The highest BCUT2D eigenvalue weighted by Crippen LogP contribution is 2.67. The molecule has 0 amide bonds. The maximum Gasteiger partial charge on any atom is 0.0667 e. The molecule has 0 aromatic rings. The average Bonchev–Trinajstić information content (AvgIpc) is 3.02. The summed E-state index contributed by atoms with van der Waals surface area (Å²) >= 11 is 0. The highest BCUT2D eigenvalue weighted by molar-refractivity contribution is 5.24. The van der Waals surface area contributed by atoms with Gasteiger partial charge in [0.1, 0.15) is 0 Å². The zero-order valence-corrected chi connectivity index (χ0v) is 21.2. The summed E-state index contributed by atoms with van der Waals surface area (Å²) in [6.45, 7) is 16.4. The van der Waals surface area contributed by atoms with E-state index in [9.17, 15) is 5.11 Å². The first-order valence-electron chi connectivity index (χ1n) is 13.3. The maximum atomic E-state index is 11.0. The van der Waals surface area contributed by atoms with E-state index in [1.807, 2.05) is 5.57 Å². The van der Waals surface area contributed by atoms with Crippen molar-refractivity contribution in [1.82, 2.24) is 0 Å². The molecule has 0 spiro atoms. The summed E-state index contributed by atoms with van der Waals surface area (Å²) in [4.78, 5) is 0. The van der Waals surface area contributed by atoms with Crippen molar-refractivity contribution in [1.29, 1.82) is 0 Å². The summed E-state index contributed by atoms with van der Waals surface area (Å²) in [5.41, 5.74) is 2.28. The minimum atomic E-state index is -0.571. The van der Waals surface area contributed by atoms with E-state index in [-0.39, 0.29) is 5.41 Å². The lowest BCUT2D eigenvalue weighted by Gasteiger charge is -2.58.